The third kappa shape index (κ3) is 13.3. The Balaban J connectivity index is 0.000000197. The van der Waals surface area contributed by atoms with Crippen molar-refractivity contribution in [2.45, 2.75) is 134 Å². The molecule has 324 valence electrons. The lowest BCUT2D eigenvalue weighted by Crippen LogP contribution is -2.41. The number of benzene rings is 2. The van der Waals surface area contributed by atoms with Gasteiger partial charge in [0.25, 0.3) is 5.24 Å². The molecule has 0 amide bonds. The van der Waals surface area contributed by atoms with Crippen molar-refractivity contribution in [3.05, 3.63) is 108 Å². The maximum absolute atomic E-state index is 13.1. The fourth-order valence-electron chi connectivity index (χ4n) is 8.15. The van der Waals surface area contributed by atoms with E-state index in [1.54, 1.807) is 23.4 Å². The third-order valence-corrected chi connectivity index (χ3v) is 12.0. The average molecular weight is 845 g/mol. The molecule has 0 spiro atoms. The molecule has 60 heavy (non-hydrogen) atoms. The highest BCUT2D eigenvalue weighted by molar-refractivity contribution is 6.67. The van der Waals surface area contributed by atoms with Crippen LogP contribution in [0.4, 0.5) is 0 Å². The number of hydrogen-bond donors (Lipinski definition) is 1. The van der Waals surface area contributed by atoms with Gasteiger partial charge in [0.2, 0.25) is 0 Å². The zero-order valence-electron chi connectivity index (χ0n) is 35.5. The normalized spacial score (nSPS) is 17.7. The molecular formula is C47H61ClN4O8. The molecule has 12 nitrogen and oxygen atoms in total. The van der Waals surface area contributed by atoms with Crippen LogP contribution in [0.3, 0.4) is 0 Å². The Hall–Kier alpha value is -4.94. The Morgan fingerprint density at radius 1 is 0.667 bits per heavy atom. The summed E-state index contributed by atoms with van der Waals surface area (Å²) in [4.78, 5) is 66.3. The monoisotopic (exact) mass is 844 g/mol. The molecule has 2 heterocycles. The van der Waals surface area contributed by atoms with Crippen LogP contribution in [0.25, 0.3) is 0 Å². The van der Waals surface area contributed by atoms with Crippen LogP contribution >= 0.6 is 11.6 Å². The maximum Gasteiger partial charge on any atom is 0.337 e. The van der Waals surface area contributed by atoms with Crippen molar-refractivity contribution in [2.24, 2.45) is 5.41 Å². The van der Waals surface area contributed by atoms with Crippen molar-refractivity contribution < 1.29 is 38.6 Å². The van der Waals surface area contributed by atoms with Gasteiger partial charge in [0, 0.05) is 19.3 Å². The zero-order chi connectivity index (χ0) is 43.5. The zero-order valence-corrected chi connectivity index (χ0v) is 36.3. The average Bonchev–Trinajstić information content (AvgIpc) is 3.99. The Morgan fingerprint density at radius 2 is 1.10 bits per heavy atom. The number of hydrogen-bond acceptors (Lipinski definition) is 10. The number of methoxy groups -OCH3 is 2. The summed E-state index contributed by atoms with van der Waals surface area (Å²) in [6, 6.07) is 20.0. The molecule has 3 aliphatic carbocycles. The molecule has 0 radical (unpaired) electrons. The lowest BCUT2D eigenvalue weighted by Gasteiger charge is -2.34. The van der Waals surface area contributed by atoms with Crippen LogP contribution in [-0.4, -0.2) is 72.8 Å². The molecular weight excluding hydrogens is 784 g/mol. The van der Waals surface area contributed by atoms with Crippen molar-refractivity contribution >= 4 is 40.3 Å². The number of ether oxygens (including phenoxy) is 2. The van der Waals surface area contributed by atoms with Crippen LogP contribution in [0.1, 0.15) is 161 Å². The molecule has 3 aliphatic rings. The van der Waals surface area contributed by atoms with Gasteiger partial charge >= 0.3 is 11.9 Å². The first kappa shape index (κ1) is 47.7. The van der Waals surface area contributed by atoms with Gasteiger partial charge in [-0.05, 0) is 87.9 Å². The van der Waals surface area contributed by atoms with E-state index in [0.717, 1.165) is 75.3 Å². The third-order valence-electron chi connectivity index (χ3n) is 11.8. The maximum atomic E-state index is 13.1. The molecule has 7 rings (SSSR count). The van der Waals surface area contributed by atoms with Crippen molar-refractivity contribution in [2.75, 3.05) is 14.2 Å². The van der Waals surface area contributed by atoms with Crippen molar-refractivity contribution in [1.82, 2.24) is 19.1 Å². The summed E-state index contributed by atoms with van der Waals surface area (Å²) in [6.45, 7) is 4.05. The second-order valence-corrected chi connectivity index (χ2v) is 16.3. The summed E-state index contributed by atoms with van der Waals surface area (Å²) >= 11 is 5.48. The van der Waals surface area contributed by atoms with Crippen LogP contribution in [0.15, 0.2) is 85.7 Å². The van der Waals surface area contributed by atoms with Gasteiger partial charge in [-0.3, -0.25) is 19.2 Å². The number of aliphatic hydroxyl groups is 1. The fraction of sp³-hybridized carbons (Fsp3) is 0.511. The highest BCUT2D eigenvalue weighted by atomic mass is 35.5. The Bertz CT molecular complexity index is 1960. The summed E-state index contributed by atoms with van der Waals surface area (Å²) in [6.07, 6.45) is 20.3. The SMILES string of the molecule is COC(=O)C1(CC(=O)c2cncn2[C@H](C)c2ccccc2)CCCCC1.COC(=O)C1(O)CCCCC1.C[C@H](c1ccccc1)n1cncc1C(=O)Cl.O=C1CCCCC1. The van der Waals surface area contributed by atoms with Crippen molar-refractivity contribution in [1.29, 1.82) is 0 Å². The summed E-state index contributed by atoms with van der Waals surface area (Å²) in [5.41, 5.74) is 1.33. The van der Waals surface area contributed by atoms with Gasteiger partial charge < -0.3 is 23.7 Å². The molecule has 3 fully saturated rings. The number of ketones is 2. The molecule has 13 heteroatoms. The second-order valence-electron chi connectivity index (χ2n) is 15.9. The van der Waals surface area contributed by atoms with Crippen LogP contribution in [0.2, 0.25) is 0 Å². The number of rotatable bonds is 10. The molecule has 2 aromatic heterocycles. The standard InChI is InChI=1S/C21H26N2O3.C12H11ClN2O.C8H14O3.C6H10O/c1-16(17-9-5-3-6-10-17)23-15-22-14-18(23)19(24)13-21(20(25)26-2)11-7-4-8-12-21;1-9(10-5-3-2-4-6-10)15-8-14-7-11(15)12(13)16;1-11-7(9)8(10)5-3-2-4-6-8;7-6-4-2-1-3-5-6/h3,5-6,9-10,14-16H,4,7-8,11-13H2,1-2H3;2-9H,1H3;10H,2-6H2,1H3;1-5H2/t16-;9-;;/m11../s1. The van der Waals surface area contributed by atoms with Gasteiger partial charge in [-0.25, -0.2) is 14.8 Å². The van der Waals surface area contributed by atoms with Gasteiger partial charge in [0.05, 0.1) is 56.8 Å². The quantitative estimate of drug-likeness (QED) is 0.0926. The molecule has 3 saturated carbocycles. The van der Waals surface area contributed by atoms with E-state index in [1.807, 2.05) is 79.1 Å². The number of halogens is 1. The van der Waals surface area contributed by atoms with E-state index >= 15 is 0 Å². The number of imidazole rings is 2. The van der Waals surface area contributed by atoms with E-state index in [1.165, 1.54) is 26.8 Å². The summed E-state index contributed by atoms with van der Waals surface area (Å²) in [5.74, 6) is -0.311. The highest BCUT2D eigenvalue weighted by Gasteiger charge is 2.43. The Kier molecular flexibility index (Phi) is 18.9. The van der Waals surface area contributed by atoms with Crippen LogP contribution in [-0.2, 0) is 23.9 Å². The Morgan fingerprint density at radius 3 is 1.53 bits per heavy atom. The summed E-state index contributed by atoms with van der Waals surface area (Å²) in [5, 5.41) is 9.18. The topological polar surface area (TPSA) is 160 Å². The number of nitrogens with zero attached hydrogens (tertiary/aromatic N) is 4. The Labute approximate surface area is 359 Å². The minimum absolute atomic E-state index is 0.00178. The highest BCUT2D eigenvalue weighted by Crippen LogP contribution is 2.41. The van der Waals surface area contributed by atoms with Gasteiger partial charge in [-0.2, -0.15) is 0 Å². The van der Waals surface area contributed by atoms with Gasteiger partial charge in [-0.15, -0.1) is 0 Å². The van der Waals surface area contributed by atoms with E-state index in [2.05, 4.69) is 14.7 Å². The van der Waals surface area contributed by atoms with Crippen molar-refractivity contribution in [3.63, 3.8) is 0 Å². The number of aromatic nitrogens is 4. The van der Waals surface area contributed by atoms with Gasteiger partial charge in [0.1, 0.15) is 17.2 Å². The smallest absolute Gasteiger partial charge is 0.337 e. The minimum Gasteiger partial charge on any atom is -0.469 e. The molecule has 1 N–H and O–H groups in total. The molecule has 4 aromatic rings. The second kappa shape index (κ2) is 23.7. The first-order valence-corrected chi connectivity index (χ1v) is 21.5. The number of carbonyl (C=O) groups is 5. The lowest BCUT2D eigenvalue weighted by molar-refractivity contribution is -0.165. The van der Waals surface area contributed by atoms with Gasteiger partial charge in [0.15, 0.2) is 11.4 Å². The van der Waals surface area contributed by atoms with E-state index in [-0.39, 0.29) is 30.3 Å². The molecule has 0 aliphatic heterocycles. The van der Waals surface area contributed by atoms with E-state index < -0.39 is 22.2 Å². The lowest BCUT2D eigenvalue weighted by atomic mass is 9.70. The molecule has 0 saturated heterocycles. The first-order chi connectivity index (χ1) is 28.9. The van der Waals surface area contributed by atoms with Crippen molar-refractivity contribution in [3.8, 4) is 0 Å². The van der Waals surface area contributed by atoms with Crippen LogP contribution in [0, 0.1) is 5.41 Å². The fourth-order valence-corrected chi connectivity index (χ4v) is 8.30. The number of esters is 2. The predicted molar refractivity (Wildman–Crippen MR) is 230 cm³/mol. The molecule has 0 bridgehead atoms. The first-order valence-electron chi connectivity index (χ1n) is 21.1. The molecule has 0 unspecified atom stereocenters. The van der Waals surface area contributed by atoms with Crippen LogP contribution < -0.4 is 0 Å². The van der Waals surface area contributed by atoms with E-state index in [0.29, 0.717) is 42.9 Å². The summed E-state index contributed by atoms with van der Waals surface area (Å²) in [7, 11) is 2.72. The van der Waals surface area contributed by atoms with E-state index in [4.69, 9.17) is 16.3 Å². The molecule has 2 atom stereocenters. The number of carbonyl (C=O) groups excluding carboxylic acids is 5. The predicted octanol–water partition coefficient (Wildman–Crippen LogP) is 9.43. The van der Waals surface area contributed by atoms with Crippen LogP contribution in [0.5, 0.6) is 0 Å². The van der Waals surface area contributed by atoms with Gasteiger partial charge in [-0.1, -0.05) is 92.8 Å². The summed E-state index contributed by atoms with van der Waals surface area (Å²) < 4.78 is 13.2. The molecule has 2 aromatic carbocycles. The van der Waals surface area contributed by atoms with E-state index in [9.17, 15) is 29.1 Å². The number of Topliss-reactive ketones (excluding diaryl/α,β-unsaturated/α-hetero) is 2. The minimum atomic E-state index is -1.17. The largest absolute Gasteiger partial charge is 0.469 e.